The molecule has 2 aromatic carbocycles. The fourth-order valence-electron chi connectivity index (χ4n) is 1.61. The first-order chi connectivity index (χ1) is 9.08. The largest absolute Gasteiger partial charge is 0.492 e. The highest BCUT2D eigenvalue weighted by molar-refractivity contribution is 5.24. The Hall–Kier alpha value is -2.01. The van der Waals surface area contributed by atoms with Gasteiger partial charge in [0, 0.05) is 5.56 Å². The van der Waals surface area contributed by atoms with Crippen LogP contribution in [-0.4, -0.2) is 6.61 Å². The molecular weight excluding hydrogens is 255 g/mol. The number of nitrogens with two attached hydrogens (primary N) is 1. The van der Waals surface area contributed by atoms with Crippen molar-refractivity contribution in [3.05, 3.63) is 65.5 Å². The van der Waals surface area contributed by atoms with Crippen LogP contribution in [0.25, 0.3) is 0 Å². The van der Waals surface area contributed by atoms with Gasteiger partial charge in [-0.25, -0.2) is 13.2 Å². The molecule has 5 heteroatoms. The van der Waals surface area contributed by atoms with Crippen molar-refractivity contribution in [3.63, 3.8) is 0 Å². The van der Waals surface area contributed by atoms with Gasteiger partial charge in [0.2, 0.25) is 0 Å². The van der Waals surface area contributed by atoms with Gasteiger partial charge in [0.1, 0.15) is 18.2 Å². The first-order valence-corrected chi connectivity index (χ1v) is 5.66. The zero-order chi connectivity index (χ0) is 13.8. The molecule has 0 aromatic heterocycles. The molecule has 0 bridgehead atoms. The van der Waals surface area contributed by atoms with E-state index < -0.39 is 17.7 Å². The summed E-state index contributed by atoms with van der Waals surface area (Å²) in [6.07, 6.45) is 0. The fraction of sp³-hybridized carbons (Fsp3) is 0.143. The molecule has 0 aliphatic heterocycles. The monoisotopic (exact) mass is 267 g/mol. The van der Waals surface area contributed by atoms with Gasteiger partial charge in [0.25, 0.3) is 0 Å². The maximum atomic E-state index is 13.5. The predicted molar refractivity (Wildman–Crippen MR) is 65.2 cm³/mol. The number of halogens is 3. The third-order valence-electron chi connectivity index (χ3n) is 2.62. The standard InChI is InChI=1S/C14H12F3NO/c15-9-4-6-10(7-5-9)19-8-13(18)11-2-1-3-12(16)14(11)17/h1-7,13H,8,18H2. The molecule has 0 spiro atoms. The van der Waals surface area contributed by atoms with Gasteiger partial charge in [-0.3, -0.25) is 0 Å². The predicted octanol–water partition coefficient (Wildman–Crippen LogP) is 3.18. The van der Waals surface area contributed by atoms with Crippen LogP contribution < -0.4 is 10.5 Å². The number of benzene rings is 2. The Morgan fingerprint density at radius 3 is 2.37 bits per heavy atom. The zero-order valence-corrected chi connectivity index (χ0v) is 9.95. The van der Waals surface area contributed by atoms with Crippen LogP contribution >= 0.6 is 0 Å². The lowest BCUT2D eigenvalue weighted by molar-refractivity contribution is 0.286. The Labute approximate surface area is 108 Å². The average Bonchev–Trinajstić information content (AvgIpc) is 2.41. The van der Waals surface area contributed by atoms with E-state index in [9.17, 15) is 13.2 Å². The Bertz CT molecular complexity index is 557. The number of ether oxygens (including phenoxy) is 1. The smallest absolute Gasteiger partial charge is 0.163 e. The molecule has 2 rings (SSSR count). The molecule has 100 valence electrons. The summed E-state index contributed by atoms with van der Waals surface area (Å²) < 4.78 is 44.5. The van der Waals surface area contributed by atoms with Crippen molar-refractivity contribution in [2.24, 2.45) is 5.73 Å². The van der Waals surface area contributed by atoms with Crippen molar-refractivity contribution in [3.8, 4) is 5.75 Å². The molecule has 0 heterocycles. The van der Waals surface area contributed by atoms with Crippen LogP contribution in [0.2, 0.25) is 0 Å². The summed E-state index contributed by atoms with van der Waals surface area (Å²) in [5.74, 6) is -1.89. The third-order valence-corrected chi connectivity index (χ3v) is 2.62. The summed E-state index contributed by atoms with van der Waals surface area (Å²) in [5, 5.41) is 0. The summed E-state index contributed by atoms with van der Waals surface area (Å²) in [7, 11) is 0. The Morgan fingerprint density at radius 1 is 1.00 bits per heavy atom. The van der Waals surface area contributed by atoms with Crippen LogP contribution in [0.5, 0.6) is 5.75 Å². The summed E-state index contributed by atoms with van der Waals surface area (Å²) >= 11 is 0. The highest BCUT2D eigenvalue weighted by Gasteiger charge is 2.15. The molecule has 0 amide bonds. The molecule has 1 unspecified atom stereocenters. The number of rotatable bonds is 4. The molecule has 0 saturated carbocycles. The van der Waals surface area contributed by atoms with Crippen molar-refractivity contribution in [1.82, 2.24) is 0 Å². The lowest BCUT2D eigenvalue weighted by Crippen LogP contribution is -2.20. The van der Waals surface area contributed by atoms with E-state index in [1.807, 2.05) is 0 Å². The first kappa shape index (κ1) is 13.4. The minimum atomic E-state index is -0.974. The van der Waals surface area contributed by atoms with E-state index in [0.717, 1.165) is 6.07 Å². The lowest BCUT2D eigenvalue weighted by atomic mass is 10.1. The summed E-state index contributed by atoms with van der Waals surface area (Å²) in [5.41, 5.74) is 5.78. The van der Waals surface area contributed by atoms with Gasteiger partial charge < -0.3 is 10.5 Å². The van der Waals surface area contributed by atoms with Gasteiger partial charge in [-0.2, -0.15) is 0 Å². The molecule has 0 aliphatic carbocycles. The quantitative estimate of drug-likeness (QED) is 0.923. The van der Waals surface area contributed by atoms with Crippen LogP contribution in [0, 0.1) is 17.5 Å². The first-order valence-electron chi connectivity index (χ1n) is 5.66. The normalized spacial score (nSPS) is 12.2. The number of hydrogen-bond acceptors (Lipinski definition) is 2. The lowest BCUT2D eigenvalue weighted by Gasteiger charge is -2.14. The van der Waals surface area contributed by atoms with E-state index in [4.69, 9.17) is 10.5 Å². The highest BCUT2D eigenvalue weighted by atomic mass is 19.2. The van der Waals surface area contributed by atoms with E-state index in [1.54, 1.807) is 0 Å². The van der Waals surface area contributed by atoms with Crippen molar-refractivity contribution in [2.45, 2.75) is 6.04 Å². The maximum Gasteiger partial charge on any atom is 0.163 e. The van der Waals surface area contributed by atoms with Gasteiger partial charge in [-0.15, -0.1) is 0 Å². The van der Waals surface area contributed by atoms with Gasteiger partial charge in [-0.1, -0.05) is 12.1 Å². The molecule has 0 radical (unpaired) electrons. The molecule has 2 nitrogen and oxygen atoms in total. The summed E-state index contributed by atoms with van der Waals surface area (Å²) in [4.78, 5) is 0. The van der Waals surface area contributed by atoms with Crippen LogP contribution in [-0.2, 0) is 0 Å². The van der Waals surface area contributed by atoms with Crippen LogP contribution in [0.4, 0.5) is 13.2 Å². The molecule has 19 heavy (non-hydrogen) atoms. The van der Waals surface area contributed by atoms with Crippen molar-refractivity contribution < 1.29 is 17.9 Å². The molecule has 2 aromatic rings. The van der Waals surface area contributed by atoms with Crippen molar-refractivity contribution in [2.75, 3.05) is 6.61 Å². The Kier molecular flexibility index (Phi) is 4.06. The Balaban J connectivity index is 2.03. The molecule has 0 fully saturated rings. The third kappa shape index (κ3) is 3.26. The second-order valence-corrected chi connectivity index (χ2v) is 4.01. The van der Waals surface area contributed by atoms with E-state index in [-0.39, 0.29) is 18.0 Å². The molecular formula is C14H12F3NO. The maximum absolute atomic E-state index is 13.5. The molecule has 0 aliphatic rings. The molecule has 0 saturated heterocycles. The SMILES string of the molecule is NC(COc1ccc(F)cc1)c1cccc(F)c1F. The van der Waals surface area contributed by atoms with E-state index in [1.165, 1.54) is 36.4 Å². The van der Waals surface area contributed by atoms with Crippen molar-refractivity contribution in [1.29, 1.82) is 0 Å². The summed E-state index contributed by atoms with van der Waals surface area (Å²) in [6.45, 7) is -0.0357. The van der Waals surface area contributed by atoms with Crippen LogP contribution in [0.3, 0.4) is 0 Å². The minimum Gasteiger partial charge on any atom is -0.492 e. The van der Waals surface area contributed by atoms with Crippen molar-refractivity contribution >= 4 is 0 Å². The zero-order valence-electron chi connectivity index (χ0n) is 9.95. The number of hydrogen-bond donors (Lipinski definition) is 1. The average molecular weight is 267 g/mol. The van der Waals surface area contributed by atoms with Gasteiger partial charge >= 0.3 is 0 Å². The van der Waals surface area contributed by atoms with E-state index in [2.05, 4.69) is 0 Å². The van der Waals surface area contributed by atoms with E-state index in [0.29, 0.717) is 5.75 Å². The Morgan fingerprint density at radius 2 is 1.68 bits per heavy atom. The van der Waals surface area contributed by atoms with E-state index >= 15 is 0 Å². The van der Waals surface area contributed by atoms with Crippen LogP contribution in [0.1, 0.15) is 11.6 Å². The van der Waals surface area contributed by atoms with Gasteiger partial charge in [-0.05, 0) is 30.3 Å². The van der Waals surface area contributed by atoms with Crippen LogP contribution in [0.15, 0.2) is 42.5 Å². The van der Waals surface area contributed by atoms with Gasteiger partial charge in [0.15, 0.2) is 11.6 Å². The molecule has 1 atom stereocenters. The minimum absolute atomic E-state index is 0.0357. The fourth-order valence-corrected chi connectivity index (χ4v) is 1.61. The van der Waals surface area contributed by atoms with Gasteiger partial charge in [0.05, 0.1) is 6.04 Å². The molecule has 2 N–H and O–H groups in total. The topological polar surface area (TPSA) is 35.2 Å². The highest BCUT2D eigenvalue weighted by Crippen LogP contribution is 2.19. The summed E-state index contributed by atoms with van der Waals surface area (Å²) in [6, 6.07) is 8.34. The second-order valence-electron chi connectivity index (χ2n) is 4.01. The second kappa shape index (κ2) is 5.75.